The Balaban J connectivity index is 1.61. The Hall–Kier alpha value is -3.26. The van der Waals surface area contributed by atoms with Gasteiger partial charge in [-0.25, -0.2) is 4.79 Å². The van der Waals surface area contributed by atoms with Crippen molar-refractivity contribution in [1.82, 2.24) is 14.7 Å². The highest BCUT2D eigenvalue weighted by molar-refractivity contribution is 5.98. The zero-order valence-electron chi connectivity index (χ0n) is 23.6. The maximum Gasteiger partial charge on any atom is 0.324 e. The van der Waals surface area contributed by atoms with Gasteiger partial charge in [0.2, 0.25) is 0 Å². The van der Waals surface area contributed by atoms with Gasteiger partial charge in [-0.3, -0.25) is 14.6 Å². The van der Waals surface area contributed by atoms with Crippen LogP contribution < -0.4 is 9.47 Å². The number of furan rings is 1. The molecule has 1 fully saturated rings. The minimum atomic E-state index is 0.0228. The molecule has 206 valence electrons. The number of methoxy groups -OCH3 is 2. The molecular formula is C30H41N3O5. The van der Waals surface area contributed by atoms with Crippen molar-refractivity contribution in [2.45, 2.75) is 59.4 Å². The van der Waals surface area contributed by atoms with Gasteiger partial charge in [-0.05, 0) is 64.3 Å². The van der Waals surface area contributed by atoms with E-state index in [4.69, 9.17) is 13.9 Å². The number of benzene rings is 1. The number of allylic oxidation sites excluding steroid dienone is 2. The lowest BCUT2D eigenvalue weighted by atomic mass is 9.94. The number of hydrogen-bond donors (Lipinski definition) is 0. The normalized spacial score (nSPS) is 19.2. The topological polar surface area (TPSA) is 75.5 Å². The lowest BCUT2D eigenvalue weighted by Gasteiger charge is -2.31. The molecule has 0 bridgehead atoms. The van der Waals surface area contributed by atoms with Crippen molar-refractivity contribution in [3.8, 4) is 11.5 Å². The number of Topliss-reactive ketones (excluding diaryl/α,β-unsaturated/α-hetero) is 1. The van der Waals surface area contributed by atoms with Gasteiger partial charge in [-0.1, -0.05) is 13.0 Å². The summed E-state index contributed by atoms with van der Waals surface area (Å²) in [5.41, 5.74) is 3.81. The van der Waals surface area contributed by atoms with Crippen molar-refractivity contribution < 1.29 is 23.5 Å². The summed E-state index contributed by atoms with van der Waals surface area (Å²) in [5.74, 6) is 3.08. The van der Waals surface area contributed by atoms with E-state index >= 15 is 0 Å². The molecule has 8 nitrogen and oxygen atoms in total. The number of nitrogens with zero attached hydrogens (tertiary/aromatic N) is 3. The van der Waals surface area contributed by atoms with E-state index in [0.717, 1.165) is 66.4 Å². The van der Waals surface area contributed by atoms with Crippen LogP contribution >= 0.6 is 0 Å². The third kappa shape index (κ3) is 5.90. The van der Waals surface area contributed by atoms with E-state index in [-0.39, 0.29) is 17.7 Å². The summed E-state index contributed by atoms with van der Waals surface area (Å²) < 4.78 is 16.9. The molecule has 2 aliphatic rings. The van der Waals surface area contributed by atoms with Crippen molar-refractivity contribution in [3.63, 3.8) is 0 Å². The van der Waals surface area contributed by atoms with Gasteiger partial charge in [0.1, 0.15) is 23.0 Å². The summed E-state index contributed by atoms with van der Waals surface area (Å²) in [7, 11) is 3.32. The summed E-state index contributed by atoms with van der Waals surface area (Å²) in [6.07, 6.45) is 4.60. The van der Waals surface area contributed by atoms with Crippen LogP contribution in [0.2, 0.25) is 0 Å². The van der Waals surface area contributed by atoms with Crippen LogP contribution in [0.4, 0.5) is 4.79 Å². The van der Waals surface area contributed by atoms with Gasteiger partial charge in [-0.15, -0.1) is 0 Å². The van der Waals surface area contributed by atoms with Crippen LogP contribution in [0, 0.1) is 13.8 Å². The maximum atomic E-state index is 13.9. The number of urea groups is 1. The molecule has 2 aliphatic heterocycles. The van der Waals surface area contributed by atoms with Gasteiger partial charge in [0.05, 0.1) is 32.9 Å². The van der Waals surface area contributed by atoms with E-state index < -0.39 is 0 Å². The predicted molar refractivity (Wildman–Crippen MR) is 147 cm³/mol. The largest absolute Gasteiger partial charge is 0.497 e. The Bertz CT molecular complexity index is 1200. The average molecular weight is 524 g/mol. The van der Waals surface area contributed by atoms with Gasteiger partial charge in [0.25, 0.3) is 0 Å². The molecule has 2 amide bonds. The molecule has 0 N–H and O–H groups in total. The number of carbonyl (C=O) groups is 2. The quantitative estimate of drug-likeness (QED) is 0.464. The lowest BCUT2D eigenvalue weighted by molar-refractivity contribution is 0.0925. The first-order chi connectivity index (χ1) is 18.2. The molecule has 3 heterocycles. The van der Waals surface area contributed by atoms with Crippen molar-refractivity contribution in [1.29, 1.82) is 0 Å². The third-order valence-corrected chi connectivity index (χ3v) is 7.63. The van der Waals surface area contributed by atoms with Gasteiger partial charge in [0.15, 0.2) is 5.78 Å². The smallest absolute Gasteiger partial charge is 0.324 e. The Labute approximate surface area is 226 Å². The molecule has 0 radical (unpaired) electrons. The number of ether oxygens (including phenoxy) is 2. The van der Waals surface area contributed by atoms with E-state index in [9.17, 15) is 9.59 Å². The highest BCUT2D eigenvalue weighted by atomic mass is 16.5. The number of amides is 2. The predicted octanol–water partition coefficient (Wildman–Crippen LogP) is 5.53. The summed E-state index contributed by atoms with van der Waals surface area (Å²) in [6.45, 7) is 11.5. The average Bonchev–Trinajstić information content (AvgIpc) is 3.16. The standard InChI is InChI=1S/C30H41N3O5/c1-7-32-13-9-12-31(19-27(34)26-15-21(3)38-22(26)4)11-8-10-24-14-20(2)29-23(18-33(24)30(32)35)16-25(36-5)17-28(29)37-6/h14-17,20H,7-13,18-19H2,1-6H3/t20-/m0/s1. The SMILES string of the molecule is CCN1CCCN(CC(=O)c2cc(C)oc2C)CCCC2=C[C@H](C)c3c(cc(OC)cc3OC)CN2C1=O. The highest BCUT2D eigenvalue weighted by Gasteiger charge is 2.30. The Morgan fingerprint density at radius 2 is 1.84 bits per heavy atom. The molecule has 0 spiro atoms. The van der Waals surface area contributed by atoms with E-state index in [2.05, 4.69) is 17.9 Å². The van der Waals surface area contributed by atoms with Crippen LogP contribution in [0.5, 0.6) is 11.5 Å². The van der Waals surface area contributed by atoms with Gasteiger partial charge in [0, 0.05) is 42.9 Å². The first-order valence-electron chi connectivity index (χ1n) is 13.6. The van der Waals surface area contributed by atoms with E-state index in [1.165, 1.54) is 0 Å². The highest BCUT2D eigenvalue weighted by Crippen LogP contribution is 2.39. The minimum absolute atomic E-state index is 0.0228. The van der Waals surface area contributed by atoms with E-state index in [1.807, 2.05) is 48.8 Å². The molecule has 4 rings (SSSR count). The number of fused-ring (bicyclic) bond motifs is 2. The zero-order valence-corrected chi connectivity index (χ0v) is 23.6. The van der Waals surface area contributed by atoms with Gasteiger partial charge < -0.3 is 18.8 Å². The third-order valence-electron chi connectivity index (χ3n) is 7.63. The molecule has 1 aromatic heterocycles. The van der Waals surface area contributed by atoms with Gasteiger partial charge in [-0.2, -0.15) is 0 Å². The van der Waals surface area contributed by atoms with Crippen LogP contribution in [0.3, 0.4) is 0 Å². The molecule has 0 saturated carbocycles. The fourth-order valence-electron chi connectivity index (χ4n) is 5.73. The number of rotatable bonds is 6. The van der Waals surface area contributed by atoms with E-state index in [0.29, 0.717) is 37.5 Å². The number of ketones is 1. The molecule has 1 atom stereocenters. The van der Waals surface area contributed by atoms with Crippen molar-refractivity contribution in [3.05, 3.63) is 58.2 Å². The fraction of sp³-hybridized carbons (Fsp3) is 0.533. The molecule has 0 aliphatic carbocycles. The minimum Gasteiger partial charge on any atom is -0.497 e. The van der Waals surface area contributed by atoms with E-state index in [1.54, 1.807) is 14.2 Å². The van der Waals surface area contributed by atoms with Crippen LogP contribution in [0.15, 0.2) is 34.4 Å². The molecule has 0 unspecified atom stereocenters. The Kier molecular flexibility index (Phi) is 8.82. The molecule has 1 saturated heterocycles. The summed E-state index contributed by atoms with van der Waals surface area (Å²) in [6, 6.07) is 5.79. The van der Waals surface area contributed by atoms with Crippen LogP contribution in [-0.2, 0) is 6.54 Å². The number of carbonyl (C=O) groups excluding carboxylic acids is 2. The second-order valence-electron chi connectivity index (χ2n) is 10.3. The van der Waals surface area contributed by atoms with Crippen molar-refractivity contribution >= 4 is 11.8 Å². The summed E-state index contributed by atoms with van der Waals surface area (Å²) in [4.78, 5) is 33.0. The Morgan fingerprint density at radius 3 is 2.50 bits per heavy atom. The molecule has 1 aromatic carbocycles. The summed E-state index contributed by atoms with van der Waals surface area (Å²) >= 11 is 0. The van der Waals surface area contributed by atoms with Crippen LogP contribution in [-0.4, -0.2) is 73.5 Å². The molecule has 8 heteroatoms. The first kappa shape index (κ1) is 27.8. The first-order valence-corrected chi connectivity index (χ1v) is 13.6. The fourth-order valence-corrected chi connectivity index (χ4v) is 5.73. The maximum absolute atomic E-state index is 13.9. The monoisotopic (exact) mass is 523 g/mol. The van der Waals surface area contributed by atoms with Crippen LogP contribution in [0.1, 0.15) is 72.0 Å². The zero-order chi connectivity index (χ0) is 27.4. The lowest BCUT2D eigenvalue weighted by Crippen LogP contribution is -2.43. The van der Waals surface area contributed by atoms with Crippen molar-refractivity contribution in [2.24, 2.45) is 0 Å². The summed E-state index contributed by atoms with van der Waals surface area (Å²) in [5, 5.41) is 0. The second-order valence-corrected chi connectivity index (χ2v) is 10.3. The number of aryl methyl sites for hydroxylation is 2. The second kappa shape index (κ2) is 12.1. The molecule has 2 aromatic rings. The number of hydrogen-bond acceptors (Lipinski definition) is 6. The van der Waals surface area contributed by atoms with Gasteiger partial charge >= 0.3 is 6.03 Å². The van der Waals surface area contributed by atoms with Crippen molar-refractivity contribution in [2.75, 3.05) is 46.9 Å². The molecule has 38 heavy (non-hydrogen) atoms. The molecular weight excluding hydrogens is 482 g/mol. The van der Waals surface area contributed by atoms with Crippen LogP contribution in [0.25, 0.3) is 0 Å². The Morgan fingerprint density at radius 1 is 1.08 bits per heavy atom.